The first-order valence-corrected chi connectivity index (χ1v) is 16.5. The molecule has 2 N–H and O–H groups in total. The zero-order chi connectivity index (χ0) is 37.7. The number of imide groups is 1. The van der Waals surface area contributed by atoms with Crippen LogP contribution in [0.1, 0.15) is 63.4 Å². The van der Waals surface area contributed by atoms with Crippen LogP contribution in [-0.2, 0) is 14.3 Å². The Morgan fingerprint density at radius 3 is 1.84 bits per heavy atom. The molecule has 4 rings (SSSR count). The molecule has 0 radical (unpaired) electrons. The van der Waals surface area contributed by atoms with E-state index in [1.54, 1.807) is 0 Å². The van der Waals surface area contributed by atoms with Gasteiger partial charge in [0, 0.05) is 21.7 Å². The van der Waals surface area contributed by atoms with Crippen LogP contribution < -0.4 is 15.5 Å². The third kappa shape index (κ3) is 8.89. The monoisotopic (exact) mass is 795 g/mol. The highest BCUT2D eigenvalue weighted by atomic mass is 35.5. The van der Waals surface area contributed by atoms with Crippen molar-refractivity contribution < 1.29 is 41.8 Å². The summed E-state index contributed by atoms with van der Waals surface area (Å²) in [6.07, 6.45) is -2.95. The number of carbonyl (C=O) groups excluding carboxylic acids is 4. The number of amides is 4. The minimum atomic E-state index is -1.59. The molecule has 0 bridgehead atoms. The lowest BCUT2D eigenvalue weighted by Crippen LogP contribution is -2.44. The number of nitrogens with zero attached hydrogens (tertiary/aromatic N) is 1. The lowest BCUT2D eigenvalue weighted by molar-refractivity contribution is -0.117. The number of carbonyl (C=O) groups is 4. The molecule has 50 heavy (non-hydrogen) atoms. The lowest BCUT2D eigenvalue weighted by Gasteiger charge is -2.29. The molecule has 2 atom stereocenters. The predicted octanol–water partition coefficient (Wildman–Crippen LogP) is 10.5. The summed E-state index contributed by atoms with van der Waals surface area (Å²) in [6, 6.07) is 7.83. The van der Waals surface area contributed by atoms with E-state index in [0.29, 0.717) is 11.6 Å². The van der Waals surface area contributed by atoms with Crippen LogP contribution in [0.25, 0.3) is 0 Å². The van der Waals surface area contributed by atoms with E-state index in [1.807, 2.05) is 0 Å². The zero-order valence-corrected chi connectivity index (χ0v) is 30.9. The van der Waals surface area contributed by atoms with Crippen molar-refractivity contribution in [2.45, 2.75) is 63.0 Å². The molecule has 0 heterocycles. The maximum atomic E-state index is 16.0. The minimum Gasteiger partial charge on any atom is -0.443 e. The van der Waals surface area contributed by atoms with E-state index in [9.17, 15) is 23.6 Å². The van der Waals surface area contributed by atoms with Gasteiger partial charge in [-0.15, -0.1) is 23.2 Å². The highest BCUT2D eigenvalue weighted by Crippen LogP contribution is 2.65. The maximum Gasteiger partial charge on any atom is 0.424 e. The van der Waals surface area contributed by atoms with Gasteiger partial charge in [0.15, 0.2) is 11.6 Å². The number of ether oxygens (including phenoxy) is 2. The molecule has 0 aliphatic heterocycles. The Hall–Kier alpha value is -3.42. The van der Waals surface area contributed by atoms with Gasteiger partial charge in [-0.05, 0) is 89.6 Å². The van der Waals surface area contributed by atoms with E-state index in [2.05, 4.69) is 10.6 Å². The maximum absolute atomic E-state index is 16.0. The van der Waals surface area contributed by atoms with Crippen LogP contribution in [0, 0.1) is 23.4 Å². The summed E-state index contributed by atoms with van der Waals surface area (Å²) < 4.78 is 54.9. The standard InChI is InChI=1S/C33H29Cl5F3N3O6/c1-31(2,3)49-29(47)44(30(48)50-32(4,5)6)26-19(39)7-8-21(25(26)41)43-27(45)18-12-17(13-20(40)24(18)36)42-28(46)23-22(33(23,37)38)14-9-15(34)11-16(35)10-14/h7-13,22-23H,1-6H3,(H,42,46)(H,43,45)/t22-,23+/m0/s1. The molecule has 0 spiro atoms. The molecule has 4 amide bonds. The van der Waals surface area contributed by atoms with Crippen LogP contribution in [0.15, 0.2) is 42.5 Å². The second-order valence-electron chi connectivity index (χ2n) is 13.1. The summed E-state index contributed by atoms with van der Waals surface area (Å²) in [5.41, 5.74) is -4.72. The Bertz CT molecular complexity index is 1850. The number of hydrogen-bond acceptors (Lipinski definition) is 6. The molecule has 0 unspecified atom stereocenters. The van der Waals surface area contributed by atoms with Crippen LogP contribution in [-0.4, -0.2) is 39.5 Å². The van der Waals surface area contributed by atoms with Gasteiger partial charge < -0.3 is 20.1 Å². The zero-order valence-electron chi connectivity index (χ0n) is 27.1. The molecule has 3 aromatic carbocycles. The van der Waals surface area contributed by atoms with Crippen LogP contribution >= 0.6 is 58.0 Å². The molecule has 3 aromatic rings. The molecule has 1 fully saturated rings. The summed E-state index contributed by atoms with van der Waals surface area (Å²) in [5.74, 6) is -7.86. The van der Waals surface area contributed by atoms with Gasteiger partial charge in [0.25, 0.3) is 5.91 Å². The van der Waals surface area contributed by atoms with Gasteiger partial charge in [0.1, 0.15) is 27.0 Å². The minimum absolute atomic E-state index is 0.00981. The molecular formula is C33H29Cl5F3N3O6. The number of benzene rings is 3. The number of alkyl halides is 2. The third-order valence-corrected chi connectivity index (χ3v) is 8.57. The molecule has 1 aliphatic carbocycles. The molecule has 17 heteroatoms. The summed E-state index contributed by atoms with van der Waals surface area (Å²) in [7, 11) is 0. The Kier molecular flexibility index (Phi) is 11.3. The van der Waals surface area contributed by atoms with Crippen molar-refractivity contribution in [3.8, 4) is 0 Å². The van der Waals surface area contributed by atoms with E-state index in [1.165, 1.54) is 59.7 Å². The number of anilines is 3. The van der Waals surface area contributed by atoms with Gasteiger partial charge in [0.2, 0.25) is 5.91 Å². The SMILES string of the molecule is CC(C)(C)OC(=O)N(C(=O)OC(C)(C)C)c1c(F)ccc(NC(=O)c2cc(NC(=O)[C@H]3[C@H](c4cc(Cl)cc(Cl)c4)C3(Cl)Cl)cc(F)c2Cl)c1F. The molecule has 268 valence electrons. The predicted molar refractivity (Wildman–Crippen MR) is 186 cm³/mol. The van der Waals surface area contributed by atoms with Gasteiger partial charge in [-0.25, -0.2) is 22.8 Å². The quantitative estimate of drug-likeness (QED) is 0.240. The first-order valence-electron chi connectivity index (χ1n) is 14.6. The molecule has 0 saturated heterocycles. The number of nitrogens with one attached hydrogen (secondary N) is 2. The summed E-state index contributed by atoms with van der Waals surface area (Å²) in [5, 5.41) is 4.40. The van der Waals surface area contributed by atoms with E-state index in [4.69, 9.17) is 67.5 Å². The van der Waals surface area contributed by atoms with Gasteiger partial charge in [0.05, 0.1) is 22.2 Å². The van der Waals surface area contributed by atoms with Crippen molar-refractivity contribution in [2.75, 3.05) is 15.5 Å². The average molecular weight is 798 g/mol. The first kappa shape index (κ1) is 39.4. The van der Waals surface area contributed by atoms with E-state index >= 15 is 8.78 Å². The van der Waals surface area contributed by atoms with E-state index in [0.717, 1.165) is 18.2 Å². The van der Waals surface area contributed by atoms with Crippen molar-refractivity contribution in [2.24, 2.45) is 5.92 Å². The Morgan fingerprint density at radius 1 is 0.780 bits per heavy atom. The molecule has 9 nitrogen and oxygen atoms in total. The van der Waals surface area contributed by atoms with Crippen LogP contribution in [0.4, 0.5) is 39.8 Å². The van der Waals surface area contributed by atoms with Gasteiger partial charge in [-0.1, -0.05) is 34.8 Å². The molecule has 0 aromatic heterocycles. The summed E-state index contributed by atoms with van der Waals surface area (Å²) in [4.78, 5) is 52.6. The first-order chi connectivity index (χ1) is 22.9. The van der Waals surface area contributed by atoms with Crippen molar-refractivity contribution in [1.29, 1.82) is 0 Å². The average Bonchev–Trinajstić information content (AvgIpc) is 3.53. The van der Waals surface area contributed by atoms with E-state index in [-0.39, 0.29) is 20.6 Å². The molecule has 1 aliphatic rings. The topological polar surface area (TPSA) is 114 Å². The second-order valence-corrected chi connectivity index (χ2v) is 15.8. The fraction of sp³-hybridized carbons (Fsp3) is 0.333. The van der Waals surface area contributed by atoms with Crippen LogP contribution in [0.3, 0.4) is 0 Å². The van der Waals surface area contributed by atoms with Gasteiger partial charge in [-0.3, -0.25) is 9.59 Å². The summed E-state index contributed by atoms with van der Waals surface area (Å²) in [6.45, 7) is 8.76. The number of halogens is 8. The van der Waals surface area contributed by atoms with Gasteiger partial charge in [-0.2, -0.15) is 4.90 Å². The largest absolute Gasteiger partial charge is 0.443 e. The van der Waals surface area contributed by atoms with Crippen molar-refractivity contribution >= 4 is 99.1 Å². The molecule has 1 saturated carbocycles. The smallest absolute Gasteiger partial charge is 0.424 e. The van der Waals surface area contributed by atoms with Gasteiger partial charge >= 0.3 is 12.2 Å². The fourth-order valence-electron chi connectivity index (χ4n) is 4.77. The Labute approximate surface area is 310 Å². The van der Waals surface area contributed by atoms with Crippen molar-refractivity contribution in [3.05, 3.63) is 86.1 Å². The second kappa shape index (κ2) is 14.3. The number of rotatable bonds is 6. The highest BCUT2D eigenvalue weighted by Gasteiger charge is 2.67. The van der Waals surface area contributed by atoms with Crippen LogP contribution in [0.2, 0.25) is 15.1 Å². The third-order valence-electron chi connectivity index (χ3n) is 6.81. The van der Waals surface area contributed by atoms with Crippen molar-refractivity contribution in [1.82, 2.24) is 0 Å². The lowest BCUT2D eigenvalue weighted by atomic mass is 10.1. The van der Waals surface area contributed by atoms with Crippen LogP contribution in [0.5, 0.6) is 0 Å². The normalized spacial score (nSPS) is 16.7. The Morgan fingerprint density at radius 2 is 1.32 bits per heavy atom. The van der Waals surface area contributed by atoms with Crippen molar-refractivity contribution in [3.63, 3.8) is 0 Å². The fourth-order valence-corrected chi connectivity index (χ4v) is 6.34. The Balaban J connectivity index is 1.63. The van der Waals surface area contributed by atoms with E-state index < -0.39 is 90.8 Å². The highest BCUT2D eigenvalue weighted by molar-refractivity contribution is 6.53. The number of hydrogen-bond donors (Lipinski definition) is 2. The molecular weight excluding hydrogens is 769 g/mol. The summed E-state index contributed by atoms with van der Waals surface area (Å²) >= 11 is 31.0.